The first-order valence-corrected chi connectivity index (χ1v) is 19.3. The van der Waals surface area contributed by atoms with E-state index in [2.05, 4.69) is 113 Å². The average molecular weight is 741 g/mol. The number of aryl methyl sites for hydroxylation is 1. The smallest absolute Gasteiger partial charge is 0.137 e. The predicted molar refractivity (Wildman–Crippen MR) is 233 cm³/mol. The van der Waals surface area contributed by atoms with Crippen LogP contribution < -0.4 is 14.5 Å². The molecule has 56 heavy (non-hydrogen) atoms. The lowest BCUT2D eigenvalue weighted by molar-refractivity contribution is 0.483. The van der Waals surface area contributed by atoms with Crippen molar-refractivity contribution < 1.29 is 8.85 Å². The Morgan fingerprint density at radius 1 is 0.643 bits per heavy atom. The molecule has 0 spiro atoms. The normalized spacial score (nSPS) is 14.4. The number of para-hydroxylation sites is 1. The Bertz CT molecular complexity index is 2780. The molecule has 0 saturated carbocycles. The Kier molecular flexibility index (Phi) is 7.91. The quantitative estimate of drug-likeness (QED) is 0.176. The molecular weight excluding hydrogens is 687 g/mol. The second-order valence-corrected chi connectivity index (χ2v) is 18.0. The first-order chi connectivity index (χ1) is 27.7. The number of nitrogens with zero attached hydrogens (tertiary/aromatic N) is 5. The van der Waals surface area contributed by atoms with Crippen LogP contribution in [0.15, 0.2) is 115 Å². The van der Waals surface area contributed by atoms with Crippen LogP contribution in [0.1, 0.15) is 94.2 Å². The summed E-state index contributed by atoms with van der Waals surface area (Å²) in [5.74, 6) is 2.08. The monoisotopic (exact) mass is 740 g/mol. The third-order valence-corrected chi connectivity index (χ3v) is 10.9. The zero-order chi connectivity index (χ0) is 42.2. The van der Waals surface area contributed by atoms with Crippen LogP contribution in [0.25, 0.3) is 27.6 Å². The van der Waals surface area contributed by atoms with Crippen LogP contribution in [0.5, 0.6) is 11.5 Å². The van der Waals surface area contributed by atoms with Crippen LogP contribution in [-0.2, 0) is 16.2 Å². The van der Waals surface area contributed by atoms with Gasteiger partial charge in [-0.15, -0.1) is 0 Å². The van der Waals surface area contributed by atoms with Gasteiger partial charge in [-0.2, -0.15) is 5.26 Å². The minimum Gasteiger partial charge on any atom is -0.457 e. The van der Waals surface area contributed by atoms with Crippen molar-refractivity contribution in [3.8, 4) is 23.4 Å². The first kappa shape index (κ1) is 33.3. The molecular formula is C50H51N5O. The van der Waals surface area contributed by atoms with Gasteiger partial charge in [0, 0.05) is 44.6 Å². The van der Waals surface area contributed by atoms with E-state index < -0.39 is 6.85 Å². The van der Waals surface area contributed by atoms with Crippen molar-refractivity contribution in [1.29, 1.82) is 5.26 Å². The number of hydrogen-bond acceptors (Lipinski definition) is 5. The molecule has 1 aliphatic rings. The zero-order valence-electron chi connectivity index (χ0n) is 36.8. The van der Waals surface area contributed by atoms with E-state index in [-0.39, 0.29) is 16.2 Å². The van der Waals surface area contributed by atoms with Crippen LogP contribution in [0.2, 0.25) is 0 Å². The van der Waals surface area contributed by atoms with Crippen molar-refractivity contribution in [2.75, 3.05) is 16.5 Å². The zero-order valence-corrected chi connectivity index (χ0v) is 33.8. The Morgan fingerprint density at radius 2 is 1.36 bits per heavy atom. The standard InChI is InChI=1S/C50H51N5O/c1-32-13-11-16-44-47(32)54(38-25-35(49(5,6)7)24-36(26-38)50(8,9)10)31-53(44)37-14-12-15-39(28-37)56-40-18-19-41-42-23-33(30-51)17-20-43(42)55(45(41)29-40)46-27-34(21-22-52-46)48(2,3)4/h11-29H,31H2,1-10H3/i1D3. The van der Waals surface area contributed by atoms with Crippen LogP contribution >= 0.6 is 0 Å². The molecule has 1 aliphatic heterocycles. The van der Waals surface area contributed by atoms with Gasteiger partial charge in [0.05, 0.1) is 34.0 Å². The molecule has 0 fully saturated rings. The van der Waals surface area contributed by atoms with Crippen LogP contribution in [0.4, 0.5) is 22.7 Å². The summed E-state index contributed by atoms with van der Waals surface area (Å²) < 4.78 is 34.5. The van der Waals surface area contributed by atoms with E-state index in [9.17, 15) is 5.26 Å². The molecule has 8 rings (SSSR count). The minimum atomic E-state index is -2.32. The summed E-state index contributed by atoms with van der Waals surface area (Å²) in [7, 11) is 0. The molecule has 0 radical (unpaired) electrons. The highest BCUT2D eigenvalue weighted by Gasteiger charge is 2.32. The molecule has 0 bridgehead atoms. The molecule has 0 atom stereocenters. The second kappa shape index (κ2) is 13.3. The highest BCUT2D eigenvalue weighted by molar-refractivity contribution is 6.10. The lowest BCUT2D eigenvalue weighted by Crippen LogP contribution is -2.25. The average Bonchev–Trinajstić information content (AvgIpc) is 3.72. The van der Waals surface area contributed by atoms with Gasteiger partial charge in [-0.3, -0.25) is 4.57 Å². The van der Waals surface area contributed by atoms with Gasteiger partial charge >= 0.3 is 0 Å². The minimum absolute atomic E-state index is 0.0727. The Hall–Kier alpha value is -6.06. The topological polar surface area (TPSA) is 57.3 Å². The maximum absolute atomic E-state index is 9.76. The Balaban J connectivity index is 1.21. The number of pyridine rings is 1. The van der Waals surface area contributed by atoms with Crippen molar-refractivity contribution >= 4 is 44.6 Å². The molecule has 7 aromatic rings. The summed E-state index contributed by atoms with van der Waals surface area (Å²) in [6, 6.07) is 38.5. The summed E-state index contributed by atoms with van der Waals surface area (Å²) >= 11 is 0. The molecule has 6 heteroatoms. The summed E-state index contributed by atoms with van der Waals surface area (Å²) in [4.78, 5) is 9.14. The van der Waals surface area contributed by atoms with Crippen LogP contribution in [-0.4, -0.2) is 16.2 Å². The SMILES string of the molecule is [2H]C([2H])([2H])c1cccc2c1N(c1cc(C(C)(C)C)cc(C(C)(C)C)c1)CN2c1cccc(Oc2ccc3c4cc(C#N)ccc4n(-c4cc(C(C)(C)C)ccn4)c3c2)c1. The van der Waals surface area contributed by atoms with Crippen LogP contribution in [0.3, 0.4) is 0 Å². The number of anilines is 4. The van der Waals surface area contributed by atoms with E-state index in [0.29, 0.717) is 35.0 Å². The van der Waals surface area contributed by atoms with E-state index >= 15 is 0 Å². The van der Waals surface area contributed by atoms with Gasteiger partial charge in [-0.25, -0.2) is 4.98 Å². The van der Waals surface area contributed by atoms with Crippen molar-refractivity contribution in [2.24, 2.45) is 0 Å². The molecule has 0 N–H and O–H groups in total. The van der Waals surface area contributed by atoms with Crippen molar-refractivity contribution in [3.05, 3.63) is 143 Å². The number of rotatable bonds is 5. The molecule has 282 valence electrons. The Morgan fingerprint density at radius 3 is 2.05 bits per heavy atom. The molecule has 5 aromatic carbocycles. The summed E-state index contributed by atoms with van der Waals surface area (Å²) in [6.45, 7) is 17.9. The fourth-order valence-electron chi connectivity index (χ4n) is 7.62. The summed E-state index contributed by atoms with van der Waals surface area (Å²) in [5, 5.41) is 11.7. The molecule has 0 saturated heterocycles. The Labute approximate surface area is 335 Å². The summed E-state index contributed by atoms with van der Waals surface area (Å²) in [6.07, 6.45) is 1.85. The first-order valence-electron chi connectivity index (χ1n) is 20.8. The maximum atomic E-state index is 9.76. The van der Waals surface area contributed by atoms with E-state index in [1.807, 2.05) is 79.0 Å². The van der Waals surface area contributed by atoms with E-state index in [0.717, 1.165) is 44.7 Å². The predicted octanol–water partition coefficient (Wildman–Crippen LogP) is 13.3. The molecule has 0 amide bonds. The van der Waals surface area contributed by atoms with E-state index in [1.165, 1.54) is 16.7 Å². The number of hydrogen-bond donors (Lipinski definition) is 0. The largest absolute Gasteiger partial charge is 0.457 e. The molecule has 3 heterocycles. The summed E-state index contributed by atoms with van der Waals surface area (Å²) in [5.41, 5.74) is 9.37. The molecule has 0 unspecified atom stereocenters. The molecule has 0 aliphatic carbocycles. The second-order valence-electron chi connectivity index (χ2n) is 18.0. The van der Waals surface area contributed by atoms with Crippen molar-refractivity contribution in [3.63, 3.8) is 0 Å². The van der Waals surface area contributed by atoms with Crippen LogP contribution in [0, 0.1) is 18.2 Å². The van der Waals surface area contributed by atoms with E-state index in [1.54, 1.807) is 6.07 Å². The van der Waals surface area contributed by atoms with Gasteiger partial charge in [-0.1, -0.05) is 86.6 Å². The lowest BCUT2D eigenvalue weighted by Gasteiger charge is -2.29. The number of aromatic nitrogens is 2. The van der Waals surface area contributed by atoms with Crippen molar-refractivity contribution in [1.82, 2.24) is 9.55 Å². The highest BCUT2D eigenvalue weighted by atomic mass is 16.5. The number of benzene rings is 5. The van der Waals surface area contributed by atoms with Gasteiger partial charge < -0.3 is 14.5 Å². The highest BCUT2D eigenvalue weighted by Crippen LogP contribution is 2.48. The van der Waals surface area contributed by atoms with E-state index in [4.69, 9.17) is 13.8 Å². The van der Waals surface area contributed by atoms with Crippen molar-refractivity contribution in [2.45, 2.75) is 85.4 Å². The number of ether oxygens (including phenoxy) is 1. The fraction of sp³-hybridized carbons (Fsp3) is 0.280. The molecule has 6 nitrogen and oxygen atoms in total. The fourth-order valence-corrected chi connectivity index (χ4v) is 7.62. The third kappa shape index (κ3) is 6.66. The lowest BCUT2D eigenvalue weighted by atomic mass is 9.80. The number of fused-ring (bicyclic) bond motifs is 4. The number of nitriles is 1. The van der Waals surface area contributed by atoms with Gasteiger partial charge in [0.1, 0.15) is 24.0 Å². The maximum Gasteiger partial charge on any atom is 0.137 e. The van der Waals surface area contributed by atoms with Gasteiger partial charge in [0.2, 0.25) is 0 Å². The van der Waals surface area contributed by atoms with Gasteiger partial charge in [0.25, 0.3) is 0 Å². The van der Waals surface area contributed by atoms with Gasteiger partial charge in [0.15, 0.2) is 0 Å². The molecule has 2 aromatic heterocycles. The third-order valence-electron chi connectivity index (χ3n) is 10.9. The van der Waals surface area contributed by atoms with Gasteiger partial charge in [-0.05, 0) is 118 Å².